The molecule has 0 radical (unpaired) electrons. The Morgan fingerprint density at radius 2 is 1.82 bits per heavy atom. The van der Waals surface area contributed by atoms with Crippen LogP contribution in [0.4, 0.5) is 16.2 Å². The summed E-state index contributed by atoms with van der Waals surface area (Å²) in [6, 6.07) is 7.65. The number of urea groups is 1. The van der Waals surface area contributed by atoms with Gasteiger partial charge in [-0.05, 0) is 23.8 Å². The molecule has 0 aliphatic carbocycles. The number of benzene rings is 2. The summed E-state index contributed by atoms with van der Waals surface area (Å²) in [4.78, 5) is 49.3. The van der Waals surface area contributed by atoms with Crippen LogP contribution >= 0.6 is 23.2 Å². The summed E-state index contributed by atoms with van der Waals surface area (Å²) < 4.78 is 0. The van der Waals surface area contributed by atoms with Gasteiger partial charge in [0.25, 0.3) is 17.5 Å². The molecule has 0 bridgehead atoms. The molecule has 2 aromatic rings. The number of nitro groups is 1. The van der Waals surface area contributed by atoms with Gasteiger partial charge in [0.15, 0.2) is 0 Å². The molecular formula is C17H10Cl2N4O5. The van der Waals surface area contributed by atoms with Gasteiger partial charge in [0.2, 0.25) is 5.54 Å². The Kier molecular flexibility index (Phi) is 4.02. The number of non-ortho nitro benzene ring substituents is 1. The van der Waals surface area contributed by atoms with Crippen LogP contribution in [0.25, 0.3) is 0 Å². The molecule has 28 heavy (non-hydrogen) atoms. The molecule has 9 nitrogen and oxygen atoms in total. The van der Waals surface area contributed by atoms with Gasteiger partial charge >= 0.3 is 6.03 Å². The number of amides is 4. The molecule has 1 fully saturated rings. The minimum absolute atomic E-state index is 0.0193. The van der Waals surface area contributed by atoms with E-state index in [2.05, 4.69) is 5.32 Å². The first kappa shape index (κ1) is 18.2. The third-order valence-corrected chi connectivity index (χ3v) is 5.38. The number of carbonyl (C=O) groups is 3. The Morgan fingerprint density at radius 3 is 2.43 bits per heavy atom. The van der Waals surface area contributed by atoms with Crippen molar-refractivity contribution in [2.75, 3.05) is 4.90 Å². The summed E-state index contributed by atoms with van der Waals surface area (Å²) in [6.45, 7) is 0.0193. The average Bonchev–Trinajstić information content (AvgIpc) is 3.07. The van der Waals surface area contributed by atoms with Gasteiger partial charge in [-0.2, -0.15) is 0 Å². The number of nitro benzene ring substituents is 1. The maximum absolute atomic E-state index is 13.2. The highest BCUT2D eigenvalue weighted by Crippen LogP contribution is 2.44. The Morgan fingerprint density at radius 1 is 1.07 bits per heavy atom. The maximum Gasteiger partial charge on any atom is 0.323 e. The SMILES string of the molecule is O=C1NC(=O)C2(N1)C(=O)N(Cc1ccc(Cl)c(Cl)c1)c1ccc([N+](=O)[O-])cc12. The molecule has 2 aliphatic heterocycles. The smallest absolute Gasteiger partial charge is 0.312 e. The number of anilines is 1. The number of nitrogens with zero attached hydrogens (tertiary/aromatic N) is 2. The molecule has 0 saturated carbocycles. The minimum atomic E-state index is -2.05. The van der Waals surface area contributed by atoms with Crippen LogP contribution < -0.4 is 15.5 Å². The van der Waals surface area contributed by atoms with Gasteiger partial charge in [0, 0.05) is 17.7 Å². The summed E-state index contributed by atoms with van der Waals surface area (Å²) in [5.74, 6) is -1.61. The first-order valence-corrected chi connectivity index (χ1v) is 8.68. The van der Waals surface area contributed by atoms with Crippen molar-refractivity contribution in [3.05, 3.63) is 67.7 Å². The predicted octanol–water partition coefficient (Wildman–Crippen LogP) is 2.48. The second-order valence-corrected chi connectivity index (χ2v) is 7.07. The Balaban J connectivity index is 1.85. The number of fused-ring (bicyclic) bond motifs is 2. The highest BCUT2D eigenvalue weighted by Gasteiger charge is 2.61. The van der Waals surface area contributed by atoms with Crippen LogP contribution in [0.2, 0.25) is 10.0 Å². The second-order valence-electron chi connectivity index (χ2n) is 6.26. The van der Waals surface area contributed by atoms with Crippen molar-refractivity contribution < 1.29 is 19.3 Å². The molecule has 2 aliphatic rings. The molecular weight excluding hydrogens is 411 g/mol. The van der Waals surface area contributed by atoms with Crippen molar-refractivity contribution in [2.24, 2.45) is 0 Å². The van der Waals surface area contributed by atoms with Crippen molar-refractivity contribution in [3.63, 3.8) is 0 Å². The van der Waals surface area contributed by atoms with E-state index in [0.29, 0.717) is 10.6 Å². The normalized spacial score (nSPS) is 20.4. The number of hydrogen-bond acceptors (Lipinski definition) is 5. The molecule has 4 rings (SSSR count). The molecule has 4 amide bonds. The molecule has 1 saturated heterocycles. The first-order chi connectivity index (χ1) is 13.2. The number of rotatable bonds is 3. The molecule has 2 heterocycles. The zero-order valence-electron chi connectivity index (χ0n) is 13.9. The van der Waals surface area contributed by atoms with Gasteiger partial charge in [0.05, 0.1) is 27.2 Å². The van der Waals surface area contributed by atoms with Crippen LogP contribution in [0.3, 0.4) is 0 Å². The predicted molar refractivity (Wildman–Crippen MR) is 99.1 cm³/mol. The number of nitrogens with one attached hydrogen (secondary N) is 2. The lowest BCUT2D eigenvalue weighted by Gasteiger charge is -2.21. The molecule has 2 aromatic carbocycles. The Labute approximate surface area is 167 Å². The van der Waals surface area contributed by atoms with E-state index in [1.54, 1.807) is 18.2 Å². The van der Waals surface area contributed by atoms with Crippen LogP contribution in [0.15, 0.2) is 36.4 Å². The first-order valence-electron chi connectivity index (χ1n) is 7.92. The third kappa shape index (κ3) is 2.51. The van der Waals surface area contributed by atoms with Crippen molar-refractivity contribution in [2.45, 2.75) is 12.1 Å². The van der Waals surface area contributed by atoms with E-state index < -0.39 is 28.3 Å². The quantitative estimate of drug-likeness (QED) is 0.341. The zero-order chi connectivity index (χ0) is 20.2. The van der Waals surface area contributed by atoms with E-state index in [-0.39, 0.29) is 28.5 Å². The molecule has 142 valence electrons. The van der Waals surface area contributed by atoms with E-state index >= 15 is 0 Å². The largest absolute Gasteiger partial charge is 0.323 e. The van der Waals surface area contributed by atoms with Gasteiger partial charge in [-0.25, -0.2) is 4.79 Å². The van der Waals surface area contributed by atoms with E-state index in [9.17, 15) is 24.5 Å². The van der Waals surface area contributed by atoms with E-state index in [1.165, 1.54) is 17.0 Å². The fourth-order valence-corrected chi connectivity index (χ4v) is 3.69. The van der Waals surface area contributed by atoms with Crippen molar-refractivity contribution in [1.82, 2.24) is 10.6 Å². The summed E-state index contributed by atoms with van der Waals surface area (Å²) in [6.07, 6.45) is 0. The molecule has 2 N–H and O–H groups in total. The summed E-state index contributed by atoms with van der Waals surface area (Å²) in [5.41, 5.74) is -1.42. The lowest BCUT2D eigenvalue weighted by molar-refractivity contribution is -0.384. The van der Waals surface area contributed by atoms with Crippen molar-refractivity contribution in [1.29, 1.82) is 0 Å². The molecule has 0 aromatic heterocycles. The number of halogens is 2. The monoisotopic (exact) mass is 420 g/mol. The van der Waals surface area contributed by atoms with Gasteiger partial charge < -0.3 is 10.2 Å². The summed E-state index contributed by atoms with van der Waals surface area (Å²) >= 11 is 11.9. The molecule has 1 atom stereocenters. The highest BCUT2D eigenvalue weighted by molar-refractivity contribution is 6.42. The van der Waals surface area contributed by atoms with Gasteiger partial charge in [0.1, 0.15) is 0 Å². The Hall–Kier alpha value is -3.17. The standard InChI is InChI=1S/C17H10Cl2N4O5/c18-11-3-1-8(5-12(11)19)7-22-13-4-2-9(23(27)28)6-10(13)17(15(22)25)14(24)20-16(26)21-17/h1-6H,7H2,(H2,20,21,24,26). The maximum atomic E-state index is 13.2. The van der Waals surface area contributed by atoms with Gasteiger partial charge in [-0.3, -0.25) is 25.0 Å². The Bertz CT molecular complexity index is 1090. The number of hydrogen-bond donors (Lipinski definition) is 2. The van der Waals surface area contributed by atoms with Crippen LogP contribution in [0.1, 0.15) is 11.1 Å². The van der Waals surface area contributed by atoms with Crippen molar-refractivity contribution in [3.8, 4) is 0 Å². The number of carbonyl (C=O) groups excluding carboxylic acids is 3. The summed E-state index contributed by atoms with van der Waals surface area (Å²) in [5, 5.41) is 16.1. The van der Waals surface area contributed by atoms with Crippen LogP contribution in [-0.2, 0) is 21.7 Å². The fraction of sp³-hybridized carbons (Fsp3) is 0.118. The van der Waals surface area contributed by atoms with Crippen molar-refractivity contribution >= 4 is 52.4 Å². The topological polar surface area (TPSA) is 122 Å². The van der Waals surface area contributed by atoms with Crippen LogP contribution in [0.5, 0.6) is 0 Å². The summed E-state index contributed by atoms with van der Waals surface area (Å²) in [7, 11) is 0. The lowest BCUT2D eigenvalue weighted by atomic mass is 9.91. The van der Waals surface area contributed by atoms with E-state index in [4.69, 9.17) is 23.2 Å². The van der Waals surface area contributed by atoms with Crippen LogP contribution in [0, 0.1) is 10.1 Å². The van der Waals surface area contributed by atoms with Gasteiger partial charge in [-0.15, -0.1) is 0 Å². The molecule has 1 spiro atoms. The average molecular weight is 421 g/mol. The van der Waals surface area contributed by atoms with Crippen LogP contribution in [-0.4, -0.2) is 22.8 Å². The van der Waals surface area contributed by atoms with E-state index in [0.717, 1.165) is 6.07 Å². The lowest BCUT2D eigenvalue weighted by Crippen LogP contribution is -2.52. The molecule has 11 heteroatoms. The van der Waals surface area contributed by atoms with E-state index in [1.807, 2.05) is 5.32 Å². The second kappa shape index (κ2) is 6.18. The number of imide groups is 1. The highest BCUT2D eigenvalue weighted by atomic mass is 35.5. The fourth-order valence-electron chi connectivity index (χ4n) is 3.37. The minimum Gasteiger partial charge on any atom is -0.312 e. The zero-order valence-corrected chi connectivity index (χ0v) is 15.4. The molecule has 1 unspecified atom stereocenters. The third-order valence-electron chi connectivity index (χ3n) is 4.65. The van der Waals surface area contributed by atoms with Gasteiger partial charge in [-0.1, -0.05) is 29.3 Å².